The first-order valence-corrected chi connectivity index (χ1v) is 29.2. The van der Waals surface area contributed by atoms with Crippen LogP contribution in [0.3, 0.4) is 0 Å². The van der Waals surface area contributed by atoms with Crippen molar-refractivity contribution < 1.29 is 42.9 Å². The fraction of sp³-hybridized carbons (Fsp3) is 0.500. The number of carbonyl (C=O) groups excluding carboxylic acids is 5. The highest BCUT2D eigenvalue weighted by atomic mass is 35.5. The number of carbonyl (C=O) groups is 5. The molecule has 79 heavy (non-hydrogen) atoms. The zero-order chi connectivity index (χ0) is 56.4. The van der Waals surface area contributed by atoms with Gasteiger partial charge in [-0.05, 0) is 107 Å². The van der Waals surface area contributed by atoms with E-state index in [4.69, 9.17) is 35.5 Å². The first kappa shape index (κ1) is 58.8. The number of benzene rings is 2. The van der Waals surface area contributed by atoms with Crippen LogP contribution in [0.4, 0.5) is 4.79 Å². The van der Waals surface area contributed by atoms with E-state index < -0.39 is 65.7 Å². The van der Waals surface area contributed by atoms with E-state index in [1.54, 1.807) is 22.7 Å². The van der Waals surface area contributed by atoms with Gasteiger partial charge in [0.15, 0.2) is 5.82 Å². The van der Waals surface area contributed by atoms with Crippen molar-refractivity contribution in [1.82, 2.24) is 40.6 Å². The monoisotopic (exact) mass is 1140 g/mol. The number of amides is 4. The zero-order valence-electron chi connectivity index (χ0n) is 46.3. The minimum Gasteiger partial charge on any atom is -0.429 e. The Morgan fingerprint density at radius 1 is 0.873 bits per heavy atom. The van der Waals surface area contributed by atoms with Gasteiger partial charge in [-0.2, -0.15) is 0 Å². The number of allylic oxidation sites excluding steroid dienone is 1. The normalized spacial score (nSPS) is 19.4. The Morgan fingerprint density at radius 2 is 1.62 bits per heavy atom. The molecule has 1 aliphatic carbocycles. The van der Waals surface area contributed by atoms with Crippen molar-refractivity contribution in [2.24, 2.45) is 10.4 Å². The highest BCUT2D eigenvalue weighted by Gasteiger charge is 2.46. The van der Waals surface area contributed by atoms with Crippen molar-refractivity contribution in [3.63, 3.8) is 0 Å². The van der Waals surface area contributed by atoms with Crippen LogP contribution in [0.25, 0.3) is 15.4 Å². The Morgan fingerprint density at radius 3 is 2.35 bits per heavy atom. The molecule has 3 aromatic heterocycles. The second-order valence-corrected chi connectivity index (χ2v) is 23.9. The molecule has 0 bridgehead atoms. The van der Waals surface area contributed by atoms with Gasteiger partial charge in [-0.3, -0.25) is 28.7 Å². The molecule has 1 saturated heterocycles. The van der Waals surface area contributed by atoms with E-state index in [2.05, 4.69) is 45.0 Å². The molecule has 1 fully saturated rings. The number of thiophene rings is 1. The number of hydrogen-bond donors (Lipinski definition) is 3. The molecule has 21 heteroatoms. The molecule has 0 spiro atoms. The van der Waals surface area contributed by atoms with Crippen LogP contribution in [0.15, 0.2) is 71.2 Å². The van der Waals surface area contributed by atoms with Crippen LogP contribution in [-0.4, -0.2) is 124 Å². The number of rotatable bonds is 20. The SMILES string of the molecule is Cc1ncsc1-c1ccc([C@H](C)NC(=O)[C@@H]2C[C@@H](OC(=O)OC3/C=C/CCCCC3)CN2C(=O)C(NC(=O)COCCCOCCNC(=O)C[C@@H]2N=C(c3ccc(Cl)cc3)c3c(sc(C)c3C)-n3c(C)nnc32)C(C)(C)C)cc1. The van der Waals surface area contributed by atoms with Crippen LogP contribution in [0, 0.1) is 33.1 Å². The molecule has 5 aromatic rings. The van der Waals surface area contributed by atoms with Crippen molar-refractivity contribution in [2.75, 3.05) is 39.5 Å². The van der Waals surface area contributed by atoms with Crippen LogP contribution in [-0.2, 0) is 38.1 Å². The summed E-state index contributed by atoms with van der Waals surface area (Å²) in [6, 6.07) is 12.3. The van der Waals surface area contributed by atoms with Gasteiger partial charge in [0.2, 0.25) is 23.6 Å². The zero-order valence-corrected chi connectivity index (χ0v) is 48.7. The predicted octanol–water partition coefficient (Wildman–Crippen LogP) is 9.58. The third-order valence-corrected chi connectivity index (χ3v) is 16.8. The molecule has 6 atom stereocenters. The molecule has 0 radical (unpaired) electrons. The predicted molar refractivity (Wildman–Crippen MR) is 305 cm³/mol. The second kappa shape index (κ2) is 26.8. The smallest absolute Gasteiger partial charge is 0.429 e. The highest BCUT2D eigenvalue weighted by molar-refractivity contribution is 7.15. The van der Waals surface area contributed by atoms with Gasteiger partial charge < -0.3 is 39.8 Å². The number of likely N-dealkylation sites (tertiary alicyclic amines) is 1. The summed E-state index contributed by atoms with van der Waals surface area (Å²) >= 11 is 9.47. The van der Waals surface area contributed by atoms with Crippen molar-refractivity contribution in [3.05, 3.63) is 116 Å². The fourth-order valence-electron chi connectivity index (χ4n) is 9.97. The van der Waals surface area contributed by atoms with Gasteiger partial charge in [-0.15, -0.1) is 32.9 Å². The summed E-state index contributed by atoms with van der Waals surface area (Å²) in [5.74, 6) is -0.351. The first-order valence-electron chi connectivity index (χ1n) is 27.1. The maximum Gasteiger partial charge on any atom is 0.509 e. The average molecular weight is 1140 g/mol. The molecule has 4 amide bonds. The van der Waals surface area contributed by atoms with Crippen molar-refractivity contribution >= 4 is 69.8 Å². The molecule has 3 N–H and O–H groups in total. The molecule has 2 aliphatic heterocycles. The second-order valence-electron chi connectivity index (χ2n) is 21.4. The number of thiazole rings is 1. The number of nitrogens with one attached hydrogen (secondary N) is 3. The summed E-state index contributed by atoms with van der Waals surface area (Å²) in [5, 5.41) is 19.3. The largest absolute Gasteiger partial charge is 0.509 e. The van der Waals surface area contributed by atoms with Gasteiger partial charge in [0.25, 0.3) is 0 Å². The van der Waals surface area contributed by atoms with Crippen LogP contribution >= 0.6 is 34.3 Å². The lowest BCUT2D eigenvalue weighted by Crippen LogP contribution is -2.58. The summed E-state index contributed by atoms with van der Waals surface area (Å²) in [6.07, 6.45) is 6.95. The Hall–Kier alpha value is -6.32. The van der Waals surface area contributed by atoms with Gasteiger partial charge >= 0.3 is 6.16 Å². The topological polar surface area (TPSA) is 218 Å². The van der Waals surface area contributed by atoms with E-state index in [1.807, 2.05) is 112 Å². The summed E-state index contributed by atoms with van der Waals surface area (Å²) in [7, 11) is 0. The molecule has 18 nitrogen and oxygen atoms in total. The minimum atomic E-state index is -1.06. The van der Waals surface area contributed by atoms with Crippen LogP contribution < -0.4 is 16.0 Å². The molecule has 0 saturated carbocycles. The Kier molecular flexibility index (Phi) is 19.9. The van der Waals surface area contributed by atoms with Crippen LogP contribution in [0.2, 0.25) is 5.02 Å². The van der Waals surface area contributed by atoms with E-state index in [9.17, 15) is 24.0 Å². The average Bonchev–Trinajstić information content (AvgIpc) is 4.34. The number of halogens is 1. The van der Waals surface area contributed by atoms with Crippen LogP contribution in [0.5, 0.6) is 0 Å². The summed E-state index contributed by atoms with van der Waals surface area (Å²) in [4.78, 5) is 82.2. The highest BCUT2D eigenvalue weighted by Crippen LogP contribution is 2.40. The maximum atomic E-state index is 14.7. The maximum absolute atomic E-state index is 14.7. The molecule has 8 rings (SSSR count). The van der Waals surface area contributed by atoms with Gasteiger partial charge in [0.1, 0.15) is 47.8 Å². The lowest BCUT2D eigenvalue weighted by Gasteiger charge is -2.35. The number of fused-ring (bicyclic) bond motifs is 3. The lowest BCUT2D eigenvalue weighted by molar-refractivity contribution is -0.144. The number of hydrogen-bond acceptors (Lipinski definition) is 15. The molecule has 2 unspecified atom stereocenters. The summed E-state index contributed by atoms with van der Waals surface area (Å²) < 4.78 is 25.0. The van der Waals surface area contributed by atoms with Gasteiger partial charge in [-0.25, -0.2) is 9.78 Å². The molecule has 5 heterocycles. The van der Waals surface area contributed by atoms with Crippen molar-refractivity contribution in [3.8, 4) is 15.4 Å². The van der Waals surface area contributed by atoms with Gasteiger partial charge in [0.05, 0.1) is 47.4 Å². The fourth-order valence-corrected chi connectivity index (χ4v) is 12.1. The molecule has 422 valence electrons. The third kappa shape index (κ3) is 14.9. The van der Waals surface area contributed by atoms with Gasteiger partial charge in [-0.1, -0.05) is 81.3 Å². The Balaban J connectivity index is 0.815. The van der Waals surface area contributed by atoms with Crippen LogP contribution in [0.1, 0.15) is 136 Å². The number of aryl methyl sites for hydroxylation is 3. The minimum absolute atomic E-state index is 0.0367. The number of aromatic nitrogens is 4. The van der Waals surface area contributed by atoms with E-state index in [0.29, 0.717) is 36.1 Å². The van der Waals surface area contributed by atoms with E-state index >= 15 is 0 Å². The van der Waals surface area contributed by atoms with Crippen molar-refractivity contribution in [2.45, 2.75) is 143 Å². The van der Waals surface area contributed by atoms with E-state index in [1.165, 1.54) is 4.90 Å². The molecular weight excluding hydrogens is 1070 g/mol. The molecular formula is C58H72ClN9O9S2. The van der Waals surface area contributed by atoms with E-state index in [-0.39, 0.29) is 51.7 Å². The number of ether oxygens (including phenoxy) is 4. The number of aliphatic imine (C=N–C) groups is 1. The van der Waals surface area contributed by atoms with Gasteiger partial charge in [0, 0.05) is 47.2 Å². The summed E-state index contributed by atoms with van der Waals surface area (Å²) in [5.41, 5.74) is 7.59. The third-order valence-electron chi connectivity index (χ3n) is 14.4. The lowest BCUT2D eigenvalue weighted by atomic mass is 9.85. The Labute approximate surface area is 475 Å². The standard InChI is InChI=1S/C58H72ClN9O9S2/c1-34-37(4)79-56-49(34)50(40-21-23-42(59)24-22-40)63-45(53-66-65-38(5)68(53)56)30-47(69)60-25-28-74-26-14-27-75-32-48(70)64-52(58(6,7)8)55(72)67-31-44(77-57(73)76-43-15-12-10-9-11-13-16-43)29-46(67)54(71)62-35(2)39-17-19-41(20-18-39)51-36(3)61-33-78-51/h12,15,17-24,33,35,43-46,52H,9-11,13-14,16,25-32H2,1-8H3,(H,60,69)(H,62,71)(H,64,70)/b15-12+/t35-,43?,44+,45-,46-,52?/m0/s1. The summed E-state index contributed by atoms with van der Waals surface area (Å²) in [6.45, 7) is 16.0. The Bertz CT molecular complexity index is 3020. The molecule has 3 aliphatic rings. The quantitative estimate of drug-likeness (QED) is 0.0377. The first-order chi connectivity index (χ1) is 37.9. The molecule has 2 aromatic carbocycles. The van der Waals surface area contributed by atoms with Crippen molar-refractivity contribution in [1.29, 1.82) is 0 Å². The number of nitrogens with zero attached hydrogens (tertiary/aromatic N) is 6. The van der Waals surface area contributed by atoms with E-state index in [0.717, 1.165) is 79.7 Å².